The average Bonchev–Trinajstić information content (AvgIpc) is 2.75. The summed E-state index contributed by atoms with van der Waals surface area (Å²) in [6.45, 7) is 4.93. The van der Waals surface area contributed by atoms with Crippen molar-refractivity contribution in [3.8, 4) is 0 Å². The monoisotopic (exact) mass is 306 g/mol. The summed E-state index contributed by atoms with van der Waals surface area (Å²) >= 11 is 5.88. The third-order valence-corrected chi connectivity index (χ3v) is 3.83. The van der Waals surface area contributed by atoms with Gasteiger partial charge >= 0.3 is 0 Å². The Hall–Kier alpha value is -1.43. The highest BCUT2D eigenvalue weighted by Crippen LogP contribution is 2.13. The number of aromatic nitrogens is 2. The average molecular weight is 307 g/mol. The quantitative estimate of drug-likeness (QED) is 0.937. The number of hydrogen-bond acceptors (Lipinski definition) is 5. The molecule has 1 aliphatic heterocycles. The number of nitrogens with zero attached hydrogens (tertiary/aromatic N) is 3. The van der Waals surface area contributed by atoms with Crippen molar-refractivity contribution in [2.45, 2.75) is 19.4 Å². The molecule has 1 fully saturated rings. The first-order valence-electron chi connectivity index (χ1n) is 7.28. The van der Waals surface area contributed by atoms with Crippen LogP contribution in [0.3, 0.4) is 0 Å². The number of halogens is 1. The maximum absolute atomic E-state index is 5.88. The van der Waals surface area contributed by atoms with Gasteiger partial charge in [0.1, 0.15) is 0 Å². The summed E-state index contributed by atoms with van der Waals surface area (Å²) in [5.74, 6) is 1.42. The third-order valence-electron chi connectivity index (χ3n) is 3.58. The van der Waals surface area contributed by atoms with E-state index in [1.807, 2.05) is 24.3 Å². The Kier molecular flexibility index (Phi) is 4.85. The first kappa shape index (κ1) is 14.5. The van der Waals surface area contributed by atoms with Gasteiger partial charge in [-0.1, -0.05) is 28.9 Å². The minimum Gasteiger partial charge on any atom is -0.338 e. The van der Waals surface area contributed by atoms with Gasteiger partial charge in [0.25, 0.3) is 0 Å². The molecule has 0 aliphatic carbocycles. The maximum Gasteiger partial charge on any atom is 0.240 e. The van der Waals surface area contributed by atoms with Crippen LogP contribution in [-0.2, 0) is 13.0 Å². The molecule has 1 saturated heterocycles. The van der Waals surface area contributed by atoms with Crippen molar-refractivity contribution in [3.05, 3.63) is 46.6 Å². The molecule has 2 heterocycles. The maximum atomic E-state index is 5.88. The molecule has 1 N–H and O–H groups in total. The molecule has 1 aromatic heterocycles. The van der Waals surface area contributed by atoms with Crippen LogP contribution >= 0.6 is 11.6 Å². The molecule has 2 aromatic rings. The molecular formula is C15H19ClN4O. The Bertz CT molecular complexity index is 561. The molecule has 1 aromatic carbocycles. The second kappa shape index (κ2) is 7.02. The molecule has 1 aliphatic rings. The smallest absolute Gasteiger partial charge is 0.240 e. The van der Waals surface area contributed by atoms with E-state index in [2.05, 4.69) is 20.4 Å². The van der Waals surface area contributed by atoms with Gasteiger partial charge in [0.05, 0.1) is 6.54 Å². The zero-order valence-corrected chi connectivity index (χ0v) is 12.6. The Balaban J connectivity index is 1.59. The van der Waals surface area contributed by atoms with Crippen molar-refractivity contribution in [2.24, 2.45) is 0 Å². The van der Waals surface area contributed by atoms with Gasteiger partial charge in [0.2, 0.25) is 5.89 Å². The molecule has 0 amide bonds. The highest BCUT2D eigenvalue weighted by molar-refractivity contribution is 6.30. The van der Waals surface area contributed by atoms with Gasteiger partial charge in [-0.25, -0.2) is 0 Å². The summed E-state index contributed by atoms with van der Waals surface area (Å²) in [6.07, 6.45) is 1.83. The third kappa shape index (κ3) is 4.27. The summed E-state index contributed by atoms with van der Waals surface area (Å²) in [5, 5.41) is 8.19. The summed E-state index contributed by atoms with van der Waals surface area (Å²) in [7, 11) is 0. The highest BCUT2D eigenvalue weighted by atomic mass is 35.5. The molecule has 0 radical (unpaired) electrons. The SMILES string of the molecule is Clc1ccc(Cc2noc(CN3CCCNCC3)n2)cc1. The number of hydrogen-bond donors (Lipinski definition) is 1. The lowest BCUT2D eigenvalue weighted by atomic mass is 10.1. The van der Waals surface area contributed by atoms with E-state index in [9.17, 15) is 0 Å². The number of nitrogens with one attached hydrogen (secondary N) is 1. The predicted octanol–water partition coefficient (Wildman–Crippen LogP) is 2.11. The van der Waals surface area contributed by atoms with E-state index >= 15 is 0 Å². The van der Waals surface area contributed by atoms with Crippen LogP contribution in [0, 0.1) is 0 Å². The van der Waals surface area contributed by atoms with E-state index in [0.29, 0.717) is 12.3 Å². The zero-order chi connectivity index (χ0) is 14.5. The summed E-state index contributed by atoms with van der Waals surface area (Å²) < 4.78 is 5.35. The highest BCUT2D eigenvalue weighted by Gasteiger charge is 2.13. The standard InChI is InChI=1S/C15H19ClN4O/c16-13-4-2-12(3-5-13)10-14-18-15(21-19-14)11-20-8-1-6-17-7-9-20/h2-5,17H,1,6-11H2. The van der Waals surface area contributed by atoms with Crippen LogP contribution in [0.15, 0.2) is 28.8 Å². The first-order chi connectivity index (χ1) is 10.3. The fraction of sp³-hybridized carbons (Fsp3) is 0.467. The topological polar surface area (TPSA) is 54.2 Å². The van der Waals surface area contributed by atoms with E-state index in [1.54, 1.807) is 0 Å². The molecule has 0 bridgehead atoms. The second-order valence-electron chi connectivity index (χ2n) is 5.29. The molecule has 112 valence electrons. The summed E-state index contributed by atoms with van der Waals surface area (Å²) in [6, 6.07) is 7.72. The lowest BCUT2D eigenvalue weighted by Crippen LogP contribution is -2.27. The van der Waals surface area contributed by atoms with Crippen molar-refractivity contribution in [2.75, 3.05) is 26.2 Å². The van der Waals surface area contributed by atoms with Crippen molar-refractivity contribution in [3.63, 3.8) is 0 Å². The molecule has 21 heavy (non-hydrogen) atoms. The minimum absolute atomic E-state index is 0.669. The Morgan fingerprint density at radius 1 is 1.19 bits per heavy atom. The van der Waals surface area contributed by atoms with Crippen LogP contribution in [0.1, 0.15) is 23.7 Å². The zero-order valence-electron chi connectivity index (χ0n) is 11.9. The van der Waals surface area contributed by atoms with Gasteiger partial charge in [-0.3, -0.25) is 4.90 Å². The van der Waals surface area contributed by atoms with Gasteiger partial charge in [0, 0.05) is 24.5 Å². The van der Waals surface area contributed by atoms with E-state index in [1.165, 1.54) is 0 Å². The van der Waals surface area contributed by atoms with Gasteiger partial charge in [-0.2, -0.15) is 4.98 Å². The van der Waals surface area contributed by atoms with Crippen LogP contribution in [-0.4, -0.2) is 41.2 Å². The summed E-state index contributed by atoms with van der Waals surface area (Å²) in [5.41, 5.74) is 1.13. The molecule has 3 rings (SSSR count). The van der Waals surface area contributed by atoms with Crippen molar-refractivity contribution in [1.29, 1.82) is 0 Å². The van der Waals surface area contributed by atoms with Crippen LogP contribution in [0.25, 0.3) is 0 Å². The van der Waals surface area contributed by atoms with Crippen LogP contribution < -0.4 is 5.32 Å². The number of benzene rings is 1. The van der Waals surface area contributed by atoms with E-state index in [-0.39, 0.29) is 0 Å². The Morgan fingerprint density at radius 2 is 2.05 bits per heavy atom. The van der Waals surface area contributed by atoms with Gasteiger partial charge in [0.15, 0.2) is 5.82 Å². The molecule has 5 nitrogen and oxygen atoms in total. The molecular weight excluding hydrogens is 288 g/mol. The minimum atomic E-state index is 0.669. The van der Waals surface area contributed by atoms with Crippen LogP contribution in [0.4, 0.5) is 0 Å². The molecule has 6 heteroatoms. The Labute approximate surface area is 129 Å². The lowest BCUT2D eigenvalue weighted by Gasteiger charge is -2.16. The fourth-order valence-corrected chi connectivity index (χ4v) is 2.59. The molecule has 0 saturated carbocycles. The van der Waals surface area contributed by atoms with Gasteiger partial charge in [-0.15, -0.1) is 0 Å². The van der Waals surface area contributed by atoms with Crippen molar-refractivity contribution < 1.29 is 4.52 Å². The predicted molar refractivity (Wildman–Crippen MR) is 81.3 cm³/mol. The second-order valence-corrected chi connectivity index (χ2v) is 5.72. The normalized spacial score (nSPS) is 16.8. The van der Waals surface area contributed by atoms with E-state index in [0.717, 1.165) is 55.6 Å². The van der Waals surface area contributed by atoms with E-state index < -0.39 is 0 Å². The van der Waals surface area contributed by atoms with Crippen LogP contribution in [0.5, 0.6) is 0 Å². The van der Waals surface area contributed by atoms with Gasteiger partial charge < -0.3 is 9.84 Å². The van der Waals surface area contributed by atoms with Crippen molar-refractivity contribution in [1.82, 2.24) is 20.4 Å². The first-order valence-corrected chi connectivity index (χ1v) is 7.66. The van der Waals surface area contributed by atoms with Gasteiger partial charge in [-0.05, 0) is 37.2 Å². The fourth-order valence-electron chi connectivity index (χ4n) is 2.46. The molecule has 0 unspecified atom stereocenters. The summed E-state index contributed by atoms with van der Waals surface area (Å²) in [4.78, 5) is 6.83. The van der Waals surface area contributed by atoms with Crippen molar-refractivity contribution >= 4 is 11.6 Å². The largest absolute Gasteiger partial charge is 0.338 e. The lowest BCUT2D eigenvalue weighted by molar-refractivity contribution is 0.238. The number of rotatable bonds is 4. The van der Waals surface area contributed by atoms with Crippen LogP contribution in [0.2, 0.25) is 5.02 Å². The van der Waals surface area contributed by atoms with E-state index in [4.69, 9.17) is 16.1 Å². The molecule has 0 atom stereocenters. The Morgan fingerprint density at radius 3 is 2.90 bits per heavy atom. The molecule has 0 spiro atoms.